The number of fused-ring (bicyclic) bond motifs is 1. The Kier molecular flexibility index (Phi) is 2.59. The largest absolute Gasteiger partial charge is 0.387 e. The maximum absolute atomic E-state index is 13.7. The lowest BCUT2D eigenvalue weighted by molar-refractivity contribution is -0.116. The fourth-order valence-corrected chi connectivity index (χ4v) is 3.28. The van der Waals surface area contributed by atoms with Crippen LogP contribution in [0.4, 0.5) is 4.39 Å². The molecule has 0 radical (unpaired) electrons. The van der Waals surface area contributed by atoms with Crippen LogP contribution in [0.1, 0.15) is 18.4 Å². The summed E-state index contributed by atoms with van der Waals surface area (Å²) < 4.78 is 13.7. The number of aliphatic hydroxyl groups is 1. The molecule has 1 aromatic heterocycles. The van der Waals surface area contributed by atoms with E-state index in [4.69, 9.17) is 0 Å². The number of aromatic nitrogens is 1. The first-order chi connectivity index (χ1) is 9.66. The highest BCUT2D eigenvalue weighted by atomic mass is 19.1. The Morgan fingerprint density at radius 1 is 1.30 bits per heavy atom. The Morgan fingerprint density at radius 2 is 2.10 bits per heavy atom. The summed E-state index contributed by atoms with van der Waals surface area (Å²) in [5.41, 5.74) is 1.29. The molecule has 1 aliphatic carbocycles. The van der Waals surface area contributed by atoms with Crippen LogP contribution in [0, 0.1) is 11.7 Å². The topological polar surface area (TPSA) is 36.4 Å². The summed E-state index contributed by atoms with van der Waals surface area (Å²) in [6, 6.07) is 6.83. The minimum Gasteiger partial charge on any atom is -0.387 e. The van der Waals surface area contributed by atoms with Crippen LogP contribution in [-0.4, -0.2) is 33.7 Å². The molecule has 3 nitrogen and oxygen atoms in total. The van der Waals surface area contributed by atoms with Crippen LogP contribution in [0.25, 0.3) is 10.9 Å². The van der Waals surface area contributed by atoms with Gasteiger partial charge in [-0.3, -0.25) is 9.88 Å². The van der Waals surface area contributed by atoms with Gasteiger partial charge in [0.1, 0.15) is 5.82 Å². The molecule has 2 heterocycles. The summed E-state index contributed by atoms with van der Waals surface area (Å²) in [5, 5.41) is 10.9. The number of hydrogen-bond acceptors (Lipinski definition) is 3. The van der Waals surface area contributed by atoms with E-state index in [2.05, 4.69) is 9.88 Å². The number of likely N-dealkylation sites (tertiary alicyclic amines) is 1. The maximum Gasteiger partial charge on any atom is 0.132 e. The molecule has 4 rings (SSSR count). The Hall–Kier alpha value is -1.52. The highest BCUT2D eigenvalue weighted by Gasteiger charge is 2.51. The van der Waals surface area contributed by atoms with E-state index in [0.717, 1.165) is 43.6 Å². The van der Waals surface area contributed by atoms with Gasteiger partial charge in [-0.15, -0.1) is 0 Å². The molecule has 0 bridgehead atoms. The van der Waals surface area contributed by atoms with E-state index in [0.29, 0.717) is 11.3 Å². The minimum atomic E-state index is -0.469. The van der Waals surface area contributed by atoms with Crippen molar-refractivity contribution in [1.82, 2.24) is 9.88 Å². The molecule has 1 N–H and O–H groups in total. The van der Waals surface area contributed by atoms with E-state index in [1.807, 2.05) is 0 Å². The van der Waals surface area contributed by atoms with Crippen molar-refractivity contribution in [1.29, 1.82) is 0 Å². The van der Waals surface area contributed by atoms with Gasteiger partial charge in [-0.1, -0.05) is 6.07 Å². The molecule has 104 valence electrons. The van der Waals surface area contributed by atoms with Crippen molar-refractivity contribution in [3.05, 3.63) is 41.8 Å². The van der Waals surface area contributed by atoms with Gasteiger partial charge in [0, 0.05) is 31.2 Å². The van der Waals surface area contributed by atoms with Gasteiger partial charge in [0.2, 0.25) is 0 Å². The molecule has 1 aliphatic heterocycles. The molecule has 0 amide bonds. The zero-order chi connectivity index (χ0) is 13.7. The van der Waals surface area contributed by atoms with E-state index in [-0.39, 0.29) is 5.82 Å². The normalized spacial score (nSPS) is 21.9. The van der Waals surface area contributed by atoms with Crippen LogP contribution < -0.4 is 0 Å². The number of benzene rings is 1. The Balaban J connectivity index is 1.56. The molecule has 2 aliphatic rings. The van der Waals surface area contributed by atoms with Crippen LogP contribution in [0.3, 0.4) is 0 Å². The number of nitrogens with zero attached hydrogens (tertiary/aromatic N) is 2. The van der Waals surface area contributed by atoms with Crippen molar-refractivity contribution in [2.75, 3.05) is 13.1 Å². The fraction of sp³-hybridized carbons (Fsp3) is 0.438. The summed E-state index contributed by atoms with van der Waals surface area (Å²) in [7, 11) is 0. The van der Waals surface area contributed by atoms with E-state index < -0.39 is 5.60 Å². The van der Waals surface area contributed by atoms with Gasteiger partial charge in [0.15, 0.2) is 0 Å². The van der Waals surface area contributed by atoms with Gasteiger partial charge < -0.3 is 5.11 Å². The van der Waals surface area contributed by atoms with Crippen molar-refractivity contribution in [3.8, 4) is 0 Å². The maximum atomic E-state index is 13.7. The first-order valence-electron chi connectivity index (χ1n) is 7.12. The van der Waals surface area contributed by atoms with E-state index in [9.17, 15) is 9.50 Å². The predicted molar refractivity (Wildman–Crippen MR) is 74.7 cm³/mol. The molecule has 1 aromatic carbocycles. The monoisotopic (exact) mass is 272 g/mol. The Morgan fingerprint density at radius 3 is 2.85 bits per heavy atom. The van der Waals surface area contributed by atoms with Gasteiger partial charge in [-0.25, -0.2) is 4.39 Å². The number of halogens is 1. The van der Waals surface area contributed by atoms with Gasteiger partial charge >= 0.3 is 0 Å². The molecule has 4 heteroatoms. The quantitative estimate of drug-likeness (QED) is 0.931. The third kappa shape index (κ3) is 1.91. The lowest BCUT2D eigenvalue weighted by Crippen LogP contribution is -2.62. The predicted octanol–water partition coefficient (Wildman–Crippen LogP) is 2.33. The van der Waals surface area contributed by atoms with Gasteiger partial charge in [0.05, 0.1) is 11.1 Å². The zero-order valence-corrected chi connectivity index (χ0v) is 11.2. The second kappa shape index (κ2) is 4.24. The van der Waals surface area contributed by atoms with Crippen LogP contribution >= 0.6 is 0 Å². The molecule has 1 saturated carbocycles. The molecule has 1 saturated heterocycles. The summed E-state index contributed by atoms with van der Waals surface area (Å²) in [6.45, 7) is 2.18. The summed E-state index contributed by atoms with van der Waals surface area (Å²) in [5.74, 6) is 0.275. The average Bonchev–Trinajstić information content (AvgIpc) is 3.25. The average molecular weight is 272 g/mol. The van der Waals surface area contributed by atoms with Crippen molar-refractivity contribution < 1.29 is 9.50 Å². The van der Waals surface area contributed by atoms with Crippen molar-refractivity contribution >= 4 is 10.9 Å². The lowest BCUT2D eigenvalue weighted by atomic mass is 9.88. The number of β-amino-alcohol motifs (C(OH)–C–C–N with tert-alkyl or cyclic N) is 1. The van der Waals surface area contributed by atoms with E-state index >= 15 is 0 Å². The summed E-state index contributed by atoms with van der Waals surface area (Å²) in [4.78, 5) is 6.52. The molecule has 20 heavy (non-hydrogen) atoms. The molecule has 2 fully saturated rings. The first-order valence-corrected chi connectivity index (χ1v) is 7.12. The van der Waals surface area contributed by atoms with E-state index in [1.165, 1.54) is 6.07 Å². The minimum absolute atomic E-state index is 0.227. The van der Waals surface area contributed by atoms with Gasteiger partial charge in [-0.05, 0) is 42.5 Å². The zero-order valence-electron chi connectivity index (χ0n) is 11.2. The second-order valence-corrected chi connectivity index (χ2v) is 6.13. The molecular weight excluding hydrogens is 255 g/mol. The van der Waals surface area contributed by atoms with Crippen LogP contribution in [0.15, 0.2) is 30.5 Å². The fourth-order valence-electron chi connectivity index (χ4n) is 3.28. The van der Waals surface area contributed by atoms with Crippen LogP contribution in [-0.2, 0) is 6.54 Å². The third-order valence-corrected chi connectivity index (χ3v) is 4.53. The second-order valence-electron chi connectivity index (χ2n) is 6.13. The SMILES string of the molecule is OC1(C2CC2)CN(Cc2ccc(F)c3cccnc23)C1. The first kappa shape index (κ1) is 12.2. The molecule has 0 unspecified atom stereocenters. The van der Waals surface area contributed by atoms with Crippen molar-refractivity contribution in [3.63, 3.8) is 0 Å². The highest BCUT2D eigenvalue weighted by Crippen LogP contribution is 2.44. The molecule has 0 atom stereocenters. The smallest absolute Gasteiger partial charge is 0.132 e. The Bertz CT molecular complexity index is 663. The highest BCUT2D eigenvalue weighted by molar-refractivity contribution is 5.82. The van der Waals surface area contributed by atoms with Gasteiger partial charge in [-0.2, -0.15) is 0 Å². The van der Waals surface area contributed by atoms with Crippen LogP contribution in [0.5, 0.6) is 0 Å². The number of pyridine rings is 1. The third-order valence-electron chi connectivity index (χ3n) is 4.53. The summed E-state index contributed by atoms with van der Waals surface area (Å²) >= 11 is 0. The van der Waals surface area contributed by atoms with Crippen molar-refractivity contribution in [2.45, 2.75) is 25.0 Å². The lowest BCUT2D eigenvalue weighted by Gasteiger charge is -2.47. The van der Waals surface area contributed by atoms with Crippen molar-refractivity contribution in [2.24, 2.45) is 5.92 Å². The summed E-state index contributed by atoms with van der Waals surface area (Å²) in [6.07, 6.45) is 4.01. The standard InChI is InChI=1S/C16H17FN2O/c17-14-6-3-11(15-13(14)2-1-7-18-15)8-19-9-16(20,10-19)12-4-5-12/h1-3,6-7,12,20H,4-5,8-10H2. The number of hydrogen-bond donors (Lipinski definition) is 1. The molecular formula is C16H17FN2O. The molecule has 2 aromatic rings. The van der Waals surface area contributed by atoms with Crippen LogP contribution in [0.2, 0.25) is 0 Å². The molecule has 0 spiro atoms. The Labute approximate surface area is 117 Å². The number of rotatable bonds is 3. The van der Waals surface area contributed by atoms with Gasteiger partial charge in [0.25, 0.3) is 0 Å². The van der Waals surface area contributed by atoms with E-state index in [1.54, 1.807) is 24.4 Å².